The molecule has 3 aliphatic rings. The average Bonchev–Trinajstić information content (AvgIpc) is 3.92. The Hall–Kier alpha value is -3.84. The van der Waals surface area contributed by atoms with Crippen LogP contribution in [-0.2, 0) is 29.8 Å². The smallest absolute Gasteiger partial charge is 0.119 e. The molecule has 0 radical (unpaired) electrons. The third-order valence-corrected chi connectivity index (χ3v) is 9.25. The van der Waals surface area contributed by atoms with Crippen molar-refractivity contribution in [2.45, 2.75) is 56.8 Å². The van der Waals surface area contributed by atoms with E-state index in [0.29, 0.717) is 19.8 Å². The molecule has 3 fully saturated rings. The first-order valence-corrected chi connectivity index (χ1v) is 15.8. The average molecular weight is 609 g/mol. The van der Waals surface area contributed by atoms with E-state index in [2.05, 4.69) is 113 Å². The molecule has 3 saturated heterocycles. The molecule has 0 spiro atoms. The zero-order chi connectivity index (χ0) is 31.4. The number of ether oxygens (including phenoxy) is 6. The van der Waals surface area contributed by atoms with Crippen molar-refractivity contribution in [3.05, 3.63) is 131 Å². The van der Waals surface area contributed by atoms with Crippen molar-refractivity contribution in [3.63, 3.8) is 0 Å². The van der Waals surface area contributed by atoms with Gasteiger partial charge in [-0.2, -0.15) is 0 Å². The number of rotatable bonds is 16. The van der Waals surface area contributed by atoms with Gasteiger partial charge in [-0.15, -0.1) is 0 Å². The van der Waals surface area contributed by atoms with Crippen molar-refractivity contribution in [1.29, 1.82) is 0 Å². The van der Waals surface area contributed by atoms with Crippen LogP contribution in [-0.4, -0.2) is 58.0 Å². The molecule has 3 heterocycles. The fraction of sp³-hybridized carbons (Fsp3) is 0.385. The highest BCUT2D eigenvalue weighted by molar-refractivity contribution is 5.52. The quantitative estimate of drug-likeness (QED) is 0.0736. The lowest BCUT2D eigenvalue weighted by atomic mass is 9.70. The third kappa shape index (κ3) is 7.70. The number of epoxide rings is 3. The predicted octanol–water partition coefficient (Wildman–Crippen LogP) is 7.31. The van der Waals surface area contributed by atoms with E-state index in [0.717, 1.165) is 37.1 Å². The van der Waals surface area contributed by atoms with E-state index < -0.39 is 5.41 Å². The fourth-order valence-corrected chi connectivity index (χ4v) is 5.37. The van der Waals surface area contributed by atoms with Crippen LogP contribution in [0.4, 0.5) is 0 Å². The van der Waals surface area contributed by atoms with Crippen LogP contribution in [0, 0.1) is 0 Å². The summed E-state index contributed by atoms with van der Waals surface area (Å²) in [6.07, 6.45) is 6.52. The molecule has 0 aromatic heterocycles. The summed E-state index contributed by atoms with van der Waals surface area (Å²) in [7, 11) is 0. The van der Waals surface area contributed by atoms with Crippen LogP contribution in [0.25, 0.3) is 0 Å². The third-order valence-electron chi connectivity index (χ3n) is 9.25. The van der Waals surface area contributed by atoms with Gasteiger partial charge < -0.3 is 28.4 Å². The number of benzene rings is 3. The van der Waals surface area contributed by atoms with E-state index in [1.165, 1.54) is 27.8 Å². The highest BCUT2D eigenvalue weighted by Crippen LogP contribution is 2.41. The molecule has 6 nitrogen and oxygen atoms in total. The van der Waals surface area contributed by atoms with Gasteiger partial charge in [0.15, 0.2) is 0 Å². The summed E-state index contributed by atoms with van der Waals surface area (Å²) in [5, 5.41) is 0. The van der Waals surface area contributed by atoms with Gasteiger partial charge >= 0.3 is 0 Å². The van der Waals surface area contributed by atoms with E-state index in [1.54, 1.807) is 6.08 Å². The second-order valence-electron chi connectivity index (χ2n) is 12.8. The Morgan fingerprint density at radius 1 is 0.667 bits per heavy atom. The van der Waals surface area contributed by atoms with Gasteiger partial charge in [0.2, 0.25) is 0 Å². The van der Waals surface area contributed by atoms with Gasteiger partial charge in [0.25, 0.3) is 0 Å². The van der Waals surface area contributed by atoms with Gasteiger partial charge in [0.1, 0.15) is 55.4 Å². The summed E-state index contributed by atoms with van der Waals surface area (Å²) in [5.41, 5.74) is 5.43. The highest BCUT2D eigenvalue weighted by Gasteiger charge is 2.33. The summed E-state index contributed by atoms with van der Waals surface area (Å²) in [4.78, 5) is 0. The molecular weight excluding hydrogens is 564 g/mol. The van der Waals surface area contributed by atoms with Crippen molar-refractivity contribution in [2.75, 3.05) is 39.6 Å². The Kier molecular flexibility index (Phi) is 9.18. The lowest BCUT2D eigenvalue weighted by molar-refractivity contribution is 0.193. The molecule has 0 amide bonds. The van der Waals surface area contributed by atoms with Gasteiger partial charge in [-0.25, -0.2) is 0 Å². The molecule has 236 valence electrons. The highest BCUT2D eigenvalue weighted by atomic mass is 16.6. The maximum absolute atomic E-state index is 5.94. The minimum Gasteiger partial charge on any atom is -0.491 e. The summed E-state index contributed by atoms with van der Waals surface area (Å²) in [6, 6.07) is 25.9. The molecule has 45 heavy (non-hydrogen) atoms. The van der Waals surface area contributed by atoms with Crippen molar-refractivity contribution in [2.24, 2.45) is 0 Å². The Balaban J connectivity index is 1.26. The van der Waals surface area contributed by atoms with Crippen LogP contribution >= 0.6 is 0 Å². The van der Waals surface area contributed by atoms with Crippen molar-refractivity contribution in [1.82, 2.24) is 0 Å². The van der Waals surface area contributed by atoms with Crippen LogP contribution in [0.2, 0.25) is 0 Å². The monoisotopic (exact) mass is 608 g/mol. The Labute approximate surface area is 267 Å². The first-order valence-electron chi connectivity index (χ1n) is 15.8. The zero-order valence-corrected chi connectivity index (χ0v) is 26.8. The number of allylic oxidation sites excluding steroid dienone is 4. The van der Waals surface area contributed by atoms with E-state index in [4.69, 9.17) is 28.4 Å². The summed E-state index contributed by atoms with van der Waals surface area (Å²) < 4.78 is 33.6. The van der Waals surface area contributed by atoms with E-state index in [9.17, 15) is 0 Å². The maximum atomic E-state index is 5.94. The summed E-state index contributed by atoms with van der Waals surface area (Å²) in [6.45, 7) is 16.9. The number of hydrogen-bond donors (Lipinski definition) is 0. The van der Waals surface area contributed by atoms with Crippen molar-refractivity contribution < 1.29 is 28.4 Å². The molecule has 0 N–H and O–H groups in total. The minimum atomic E-state index is -0.409. The molecule has 0 saturated carbocycles. The Morgan fingerprint density at radius 3 is 1.49 bits per heavy atom. The standard InChI is InChI=1S/C39H44O6/c1-6-32(40-21-35-24-43-35)16-7-27(2)38(3,4)28-8-10-29(11-9-28)39(5,30-12-17-33(18-13-30)41-22-36-25-44-36)31-14-19-34(20-15-31)42-23-37-26-45-37/h6-20,35-37H,1,21-26H2,2-5H3/b27-7+,32-16+. The van der Waals surface area contributed by atoms with Crippen LogP contribution in [0.15, 0.2) is 109 Å². The van der Waals surface area contributed by atoms with E-state index in [1.807, 2.05) is 6.08 Å². The molecule has 0 bridgehead atoms. The predicted molar refractivity (Wildman–Crippen MR) is 176 cm³/mol. The summed E-state index contributed by atoms with van der Waals surface area (Å²) >= 11 is 0. The first-order chi connectivity index (χ1) is 21.8. The zero-order valence-electron chi connectivity index (χ0n) is 26.8. The second-order valence-corrected chi connectivity index (χ2v) is 12.8. The molecule has 3 unspecified atom stereocenters. The van der Waals surface area contributed by atoms with Crippen LogP contribution < -0.4 is 9.47 Å². The normalized spacial score (nSPS) is 22.3. The SMILES string of the molecule is C=C/C(=C\C=C(/C)C(C)(C)c1ccc(C(C)(c2ccc(OCC3CO3)cc2)c2ccc(OCC3CO3)cc2)cc1)OCC1CO1. The molecule has 3 aromatic rings. The molecule has 6 rings (SSSR count). The molecular formula is C39H44O6. The molecule has 3 aliphatic heterocycles. The van der Waals surface area contributed by atoms with Crippen LogP contribution in [0.3, 0.4) is 0 Å². The maximum Gasteiger partial charge on any atom is 0.119 e. The van der Waals surface area contributed by atoms with Crippen LogP contribution in [0.1, 0.15) is 49.9 Å². The van der Waals surface area contributed by atoms with Gasteiger partial charge in [-0.05, 0) is 72.5 Å². The Morgan fingerprint density at radius 2 is 1.07 bits per heavy atom. The molecule has 3 aromatic carbocycles. The van der Waals surface area contributed by atoms with Crippen LogP contribution in [0.5, 0.6) is 11.5 Å². The minimum absolute atomic E-state index is 0.189. The number of hydrogen-bond acceptors (Lipinski definition) is 6. The van der Waals surface area contributed by atoms with Gasteiger partial charge in [0.05, 0.1) is 19.8 Å². The molecule has 0 aliphatic carbocycles. The summed E-state index contributed by atoms with van der Waals surface area (Å²) in [5.74, 6) is 2.45. The first kappa shape index (κ1) is 31.2. The van der Waals surface area contributed by atoms with E-state index >= 15 is 0 Å². The Bertz CT molecular complexity index is 1450. The van der Waals surface area contributed by atoms with E-state index in [-0.39, 0.29) is 23.7 Å². The molecule has 6 heteroatoms. The fourth-order valence-electron chi connectivity index (χ4n) is 5.37. The van der Waals surface area contributed by atoms with Crippen molar-refractivity contribution in [3.8, 4) is 11.5 Å². The second kappa shape index (κ2) is 13.3. The van der Waals surface area contributed by atoms with Gasteiger partial charge in [0, 0.05) is 10.8 Å². The lowest BCUT2D eigenvalue weighted by Gasteiger charge is -2.33. The lowest BCUT2D eigenvalue weighted by Crippen LogP contribution is -2.26. The van der Waals surface area contributed by atoms with Crippen molar-refractivity contribution >= 4 is 0 Å². The largest absolute Gasteiger partial charge is 0.491 e. The van der Waals surface area contributed by atoms with Gasteiger partial charge in [-0.1, -0.05) is 80.6 Å². The van der Waals surface area contributed by atoms with Gasteiger partial charge in [-0.3, -0.25) is 0 Å². The topological polar surface area (TPSA) is 65.3 Å². The molecule has 3 atom stereocenters.